The topological polar surface area (TPSA) is 186 Å². The van der Waals surface area contributed by atoms with Crippen molar-refractivity contribution in [3.8, 4) is 0 Å². The predicted octanol–water partition coefficient (Wildman–Crippen LogP) is 3.63. The molecule has 0 radical (unpaired) electrons. The second-order valence-electron chi connectivity index (χ2n) is 17.4. The van der Waals surface area contributed by atoms with E-state index in [0.717, 1.165) is 6.42 Å². The first-order valence-corrected chi connectivity index (χ1v) is 19.6. The molecule has 0 saturated carbocycles. The van der Waals surface area contributed by atoms with Crippen LogP contribution in [0.2, 0.25) is 0 Å². The Bertz CT molecular complexity index is 1220. The van der Waals surface area contributed by atoms with Crippen LogP contribution in [0.3, 0.4) is 0 Å². The van der Waals surface area contributed by atoms with Gasteiger partial charge in [0, 0.05) is 44.5 Å². The quantitative estimate of drug-likeness (QED) is 0.262. The van der Waals surface area contributed by atoms with Gasteiger partial charge in [0.25, 0.3) is 0 Å². The number of methoxy groups -OCH3 is 1. The van der Waals surface area contributed by atoms with Gasteiger partial charge in [0.05, 0.1) is 29.8 Å². The number of hydrogen-bond acceptors (Lipinski definition) is 14. The Kier molecular flexibility index (Phi) is 16.2. The number of esters is 1. The molecule has 316 valence electrons. The lowest BCUT2D eigenvalue weighted by Gasteiger charge is -2.48. The van der Waals surface area contributed by atoms with Crippen molar-refractivity contribution in [2.45, 2.75) is 186 Å². The van der Waals surface area contributed by atoms with Crippen LogP contribution >= 0.6 is 0 Å². The minimum Gasteiger partial charge on any atom is -0.459 e. The molecule has 3 heterocycles. The lowest BCUT2D eigenvalue weighted by Crippen LogP contribution is -2.59. The highest BCUT2D eigenvalue weighted by molar-refractivity contribution is 5.73. The van der Waals surface area contributed by atoms with Crippen molar-refractivity contribution in [2.24, 2.45) is 17.8 Å². The second kappa shape index (κ2) is 18.7. The van der Waals surface area contributed by atoms with Crippen LogP contribution in [-0.2, 0) is 38.0 Å². The number of likely N-dealkylation sites (N-methyl/N-ethyl adjacent to an activating group) is 1. The summed E-state index contributed by atoms with van der Waals surface area (Å²) in [5.74, 6) is -2.73. The maximum atomic E-state index is 14.3. The number of cyclic esters (lactones) is 1. The molecule has 3 saturated heterocycles. The van der Waals surface area contributed by atoms with Crippen molar-refractivity contribution in [2.75, 3.05) is 34.8 Å². The smallest absolute Gasteiger partial charge is 0.459 e. The lowest BCUT2D eigenvalue weighted by atomic mass is 9.77. The zero-order valence-electron chi connectivity index (χ0n) is 35.2. The molecule has 15 nitrogen and oxygen atoms in total. The third kappa shape index (κ3) is 10.8. The highest BCUT2D eigenvalue weighted by Crippen LogP contribution is 2.41. The van der Waals surface area contributed by atoms with Crippen molar-refractivity contribution in [1.29, 1.82) is 0 Å². The van der Waals surface area contributed by atoms with Gasteiger partial charge in [-0.15, -0.1) is 0 Å². The van der Waals surface area contributed by atoms with Crippen LogP contribution in [0.1, 0.15) is 101 Å². The van der Waals surface area contributed by atoms with Gasteiger partial charge in [0.2, 0.25) is 0 Å². The first kappa shape index (κ1) is 46.7. The van der Waals surface area contributed by atoms with Gasteiger partial charge < -0.3 is 63.4 Å². The lowest BCUT2D eigenvalue weighted by molar-refractivity contribution is -0.308. The molecule has 54 heavy (non-hydrogen) atoms. The summed E-state index contributed by atoms with van der Waals surface area (Å²) in [5, 5.41) is 44.5. The molecule has 0 spiro atoms. The Balaban J connectivity index is 2.24. The first-order chi connectivity index (χ1) is 24.9. The van der Waals surface area contributed by atoms with Crippen LogP contribution in [0, 0.1) is 17.8 Å². The minimum absolute atomic E-state index is 0.113. The van der Waals surface area contributed by atoms with E-state index in [1.165, 1.54) is 14.0 Å². The van der Waals surface area contributed by atoms with Gasteiger partial charge >= 0.3 is 12.1 Å². The molecule has 3 rings (SSSR count). The van der Waals surface area contributed by atoms with E-state index < -0.39 is 96.0 Å². The average Bonchev–Trinajstić information content (AvgIpc) is 3.07. The van der Waals surface area contributed by atoms with Crippen LogP contribution in [0.15, 0.2) is 0 Å². The fraction of sp³-hybridized carbons (Fsp3) is 0.949. The maximum Gasteiger partial charge on any atom is 0.506 e. The molecular weight excluding hydrogens is 704 g/mol. The number of carboxylic acid groups (broad SMARTS) is 1. The van der Waals surface area contributed by atoms with Crippen LogP contribution < -0.4 is 0 Å². The van der Waals surface area contributed by atoms with E-state index in [4.69, 9.17) is 33.2 Å². The molecule has 0 amide bonds. The zero-order chi connectivity index (χ0) is 41.1. The van der Waals surface area contributed by atoms with Crippen LogP contribution in [0.5, 0.6) is 0 Å². The van der Waals surface area contributed by atoms with Crippen molar-refractivity contribution in [3.63, 3.8) is 0 Å². The fourth-order valence-electron chi connectivity index (χ4n) is 8.95. The van der Waals surface area contributed by atoms with E-state index in [9.17, 15) is 30.0 Å². The standard InChI is InChI=1S/C39H72N2O13/c1-15-28-39(10,47)32(42)25(6)41(13)20-21(2)18-38(9,54-36(45)46)34(53-29-17-27(40(11)12)16-22(3)49-29)23(4)31(24(5)35(44)51-28)52-30-19-37(8,48-14)33(43)26(7)50-30/h21-34,42-43,47H,15-20H2,1-14H3,(H,45,46)/t21-,22-,23+,24-,25-,26+,27+,28-,29+,30+,31+,32-,33+,34-,37-,38-,39-/m1/s1. The molecule has 15 heteroatoms. The number of nitrogens with zero attached hydrogens (tertiary/aromatic N) is 2. The molecule has 0 aliphatic carbocycles. The fourth-order valence-corrected chi connectivity index (χ4v) is 8.95. The molecule has 0 unspecified atom stereocenters. The summed E-state index contributed by atoms with van der Waals surface area (Å²) in [4.78, 5) is 30.9. The SMILES string of the molecule is CC[C@H]1OC(=O)[C@H](C)[C@@H](O[C@H]2C[C@@](C)(OC)[C@@H](O)[C@H](C)O2)[C@H](C)[C@@H](O[C@H]2C[C@@H](N(C)C)C[C@@H](C)O2)[C@](C)(OC(=O)O)C[C@@H](C)CN(C)[C@H](C)[C@@H](O)[C@]1(C)O. The van der Waals surface area contributed by atoms with E-state index in [2.05, 4.69) is 4.90 Å². The molecule has 0 aromatic carbocycles. The monoisotopic (exact) mass is 777 g/mol. The maximum absolute atomic E-state index is 14.3. The Morgan fingerprint density at radius 1 is 0.944 bits per heavy atom. The number of carbonyl (C=O) groups is 2. The summed E-state index contributed by atoms with van der Waals surface area (Å²) < 4.78 is 43.8. The van der Waals surface area contributed by atoms with Gasteiger partial charge in [-0.2, -0.15) is 0 Å². The Morgan fingerprint density at radius 2 is 1.57 bits per heavy atom. The molecule has 3 fully saturated rings. The van der Waals surface area contributed by atoms with Gasteiger partial charge in [0.15, 0.2) is 12.6 Å². The summed E-state index contributed by atoms with van der Waals surface area (Å²) in [6.07, 6.45) is -7.70. The summed E-state index contributed by atoms with van der Waals surface area (Å²) in [6, 6.07) is -0.458. The number of rotatable bonds is 8. The first-order valence-electron chi connectivity index (χ1n) is 19.6. The normalized spacial score (nSPS) is 46.7. The van der Waals surface area contributed by atoms with E-state index >= 15 is 0 Å². The Hall–Kier alpha value is -1.66. The van der Waals surface area contributed by atoms with Crippen molar-refractivity contribution < 1.29 is 63.2 Å². The van der Waals surface area contributed by atoms with E-state index in [1.807, 2.05) is 46.8 Å². The number of aliphatic hydroxyl groups excluding tert-OH is 2. The zero-order valence-corrected chi connectivity index (χ0v) is 35.2. The second-order valence-corrected chi connectivity index (χ2v) is 17.4. The van der Waals surface area contributed by atoms with Crippen molar-refractivity contribution >= 4 is 12.1 Å². The van der Waals surface area contributed by atoms with E-state index in [0.29, 0.717) is 13.0 Å². The Morgan fingerprint density at radius 3 is 2.13 bits per heavy atom. The molecule has 0 aromatic heterocycles. The van der Waals surface area contributed by atoms with Crippen LogP contribution in [-0.4, -0.2) is 161 Å². The number of aliphatic hydroxyl groups is 3. The van der Waals surface area contributed by atoms with Crippen molar-refractivity contribution in [1.82, 2.24) is 9.80 Å². The predicted molar refractivity (Wildman–Crippen MR) is 200 cm³/mol. The highest BCUT2D eigenvalue weighted by Gasteiger charge is 2.53. The van der Waals surface area contributed by atoms with Gasteiger partial charge in [-0.25, -0.2) is 4.79 Å². The van der Waals surface area contributed by atoms with Gasteiger partial charge in [0.1, 0.15) is 35.6 Å². The summed E-state index contributed by atoms with van der Waals surface area (Å²) in [7, 11) is 7.31. The number of hydrogen-bond donors (Lipinski definition) is 4. The summed E-state index contributed by atoms with van der Waals surface area (Å²) >= 11 is 0. The molecule has 3 aliphatic rings. The molecule has 3 aliphatic heterocycles. The van der Waals surface area contributed by atoms with Crippen LogP contribution in [0.4, 0.5) is 4.79 Å². The van der Waals surface area contributed by atoms with E-state index in [-0.39, 0.29) is 37.3 Å². The van der Waals surface area contributed by atoms with E-state index in [1.54, 1.807) is 41.5 Å². The molecule has 0 aromatic rings. The molecule has 0 bridgehead atoms. The number of carbonyl (C=O) groups excluding carboxylic acids is 1. The summed E-state index contributed by atoms with van der Waals surface area (Å²) in [5.41, 5.74) is -4.38. The molecule has 17 atom stereocenters. The summed E-state index contributed by atoms with van der Waals surface area (Å²) in [6.45, 7) is 18.0. The largest absolute Gasteiger partial charge is 0.506 e. The Labute approximate surface area is 322 Å². The third-order valence-electron chi connectivity index (χ3n) is 12.4. The third-order valence-corrected chi connectivity index (χ3v) is 12.4. The van der Waals surface area contributed by atoms with Crippen LogP contribution in [0.25, 0.3) is 0 Å². The number of ether oxygens (including phenoxy) is 7. The highest BCUT2D eigenvalue weighted by atomic mass is 16.7. The molecule has 4 N–H and O–H groups in total. The van der Waals surface area contributed by atoms with Crippen molar-refractivity contribution in [3.05, 3.63) is 0 Å². The van der Waals surface area contributed by atoms with Gasteiger partial charge in [-0.3, -0.25) is 4.79 Å². The minimum atomic E-state index is -1.83. The van der Waals surface area contributed by atoms with Gasteiger partial charge in [-0.1, -0.05) is 20.8 Å². The molecular formula is C39H72N2O13. The van der Waals surface area contributed by atoms with Gasteiger partial charge in [-0.05, 0) is 94.8 Å². The average molecular weight is 777 g/mol.